The van der Waals surface area contributed by atoms with E-state index in [0.717, 1.165) is 47.0 Å². The summed E-state index contributed by atoms with van der Waals surface area (Å²) in [4.78, 5) is 18.1. The molecule has 1 heterocycles. The minimum atomic E-state index is -0.550. The van der Waals surface area contributed by atoms with Crippen molar-refractivity contribution in [1.29, 1.82) is 0 Å². The van der Waals surface area contributed by atoms with Crippen LogP contribution in [0.4, 0.5) is 10.1 Å². The van der Waals surface area contributed by atoms with Crippen LogP contribution in [0.1, 0.15) is 28.7 Å². The zero-order valence-electron chi connectivity index (χ0n) is 21.0. The molecule has 0 saturated carbocycles. The summed E-state index contributed by atoms with van der Waals surface area (Å²) in [5.41, 5.74) is 4.55. The first-order valence-electron chi connectivity index (χ1n) is 11.9. The van der Waals surface area contributed by atoms with E-state index in [1.807, 2.05) is 18.3 Å². The molecule has 1 aromatic heterocycles. The van der Waals surface area contributed by atoms with Crippen LogP contribution < -0.4 is 14.8 Å². The van der Waals surface area contributed by atoms with Gasteiger partial charge in [0.15, 0.2) is 0 Å². The number of ether oxygens (including phenoxy) is 2. The average molecular weight is 490 g/mol. The molecule has 3 aromatic carbocycles. The third kappa shape index (κ3) is 5.69. The molecular weight excluding hydrogens is 457 g/mol. The van der Waals surface area contributed by atoms with Crippen LogP contribution in [-0.4, -0.2) is 51.0 Å². The third-order valence-corrected chi connectivity index (χ3v) is 6.39. The molecular formula is C29H32FN3O3. The smallest absolute Gasteiger partial charge is 0.129 e. The SMILES string of the molecule is COc1cc(NC(c2ccc(F)cc2)C(C=O)c2c[nH]c3ccc(CCN(C)C)cc23)cc(OC)c1. The number of likely N-dealkylation sites (N-methyl/N-ethyl adjacent to an activating group) is 1. The minimum absolute atomic E-state index is 0.333. The first-order valence-corrected chi connectivity index (χ1v) is 11.9. The standard InChI is InChI=1S/C29H32FN3O3/c1-33(2)12-11-19-5-10-28-25(13-19)26(17-31-28)27(18-34)29(20-6-8-21(30)9-7-20)32-22-14-23(35-3)16-24(15-22)36-4/h5-10,13-18,27,29,31-32H,11-12H2,1-4H3. The molecule has 0 amide bonds. The van der Waals surface area contributed by atoms with Crippen LogP contribution in [0.15, 0.2) is 66.9 Å². The number of H-pyrrole nitrogens is 1. The number of nitrogens with zero attached hydrogens (tertiary/aromatic N) is 1. The molecule has 0 aliphatic rings. The van der Waals surface area contributed by atoms with E-state index >= 15 is 0 Å². The van der Waals surface area contributed by atoms with Gasteiger partial charge >= 0.3 is 0 Å². The minimum Gasteiger partial charge on any atom is -0.497 e. The summed E-state index contributed by atoms with van der Waals surface area (Å²) in [5, 5.41) is 4.49. The van der Waals surface area contributed by atoms with Crippen molar-refractivity contribution in [1.82, 2.24) is 9.88 Å². The van der Waals surface area contributed by atoms with E-state index in [2.05, 4.69) is 47.5 Å². The van der Waals surface area contributed by atoms with Crippen molar-refractivity contribution in [3.63, 3.8) is 0 Å². The Labute approximate surface area is 211 Å². The molecule has 2 unspecified atom stereocenters. The number of rotatable bonds is 11. The lowest BCUT2D eigenvalue weighted by Gasteiger charge is -2.26. The summed E-state index contributed by atoms with van der Waals surface area (Å²) in [7, 11) is 7.28. The van der Waals surface area contributed by atoms with Crippen LogP contribution in [0.2, 0.25) is 0 Å². The Balaban J connectivity index is 1.78. The van der Waals surface area contributed by atoms with E-state index in [0.29, 0.717) is 11.5 Å². The number of hydrogen-bond acceptors (Lipinski definition) is 5. The van der Waals surface area contributed by atoms with Gasteiger partial charge in [0.1, 0.15) is 23.6 Å². The van der Waals surface area contributed by atoms with Gasteiger partial charge < -0.3 is 29.5 Å². The molecule has 0 spiro atoms. The zero-order chi connectivity index (χ0) is 25.7. The van der Waals surface area contributed by atoms with Gasteiger partial charge in [-0.25, -0.2) is 4.39 Å². The molecule has 0 saturated heterocycles. The maximum Gasteiger partial charge on any atom is 0.129 e. The third-order valence-electron chi connectivity index (χ3n) is 6.39. The number of carbonyl (C=O) groups excluding carboxylic acids is 1. The lowest BCUT2D eigenvalue weighted by Crippen LogP contribution is -2.21. The van der Waals surface area contributed by atoms with Crippen LogP contribution in [0.25, 0.3) is 10.9 Å². The summed E-state index contributed by atoms with van der Waals surface area (Å²) in [6.45, 7) is 0.930. The topological polar surface area (TPSA) is 66.6 Å². The van der Waals surface area contributed by atoms with Crippen LogP contribution in [0, 0.1) is 5.82 Å². The summed E-state index contributed by atoms with van der Waals surface area (Å²) in [5.74, 6) is 0.358. The molecule has 36 heavy (non-hydrogen) atoms. The number of nitrogens with one attached hydrogen (secondary N) is 2. The van der Waals surface area contributed by atoms with Crippen molar-refractivity contribution in [2.45, 2.75) is 18.4 Å². The Morgan fingerprint density at radius 3 is 2.31 bits per heavy atom. The van der Waals surface area contributed by atoms with E-state index < -0.39 is 12.0 Å². The van der Waals surface area contributed by atoms with Gasteiger partial charge in [-0.15, -0.1) is 0 Å². The van der Waals surface area contributed by atoms with Gasteiger partial charge in [-0.3, -0.25) is 0 Å². The van der Waals surface area contributed by atoms with Crippen molar-refractivity contribution in [2.75, 3.05) is 40.2 Å². The highest BCUT2D eigenvalue weighted by Crippen LogP contribution is 2.38. The highest BCUT2D eigenvalue weighted by atomic mass is 19.1. The second-order valence-electron chi connectivity index (χ2n) is 9.11. The number of fused-ring (bicyclic) bond motifs is 1. The van der Waals surface area contributed by atoms with Crippen LogP contribution in [0.5, 0.6) is 11.5 Å². The number of anilines is 1. The molecule has 6 nitrogen and oxygen atoms in total. The zero-order valence-corrected chi connectivity index (χ0v) is 21.0. The molecule has 4 rings (SSSR count). The normalized spacial score (nSPS) is 12.9. The Hall–Kier alpha value is -3.84. The molecule has 0 aliphatic carbocycles. The number of aromatic amines is 1. The summed E-state index contributed by atoms with van der Waals surface area (Å²) >= 11 is 0. The van der Waals surface area contributed by atoms with Gasteiger partial charge in [0.2, 0.25) is 0 Å². The number of hydrogen-bond donors (Lipinski definition) is 2. The maximum atomic E-state index is 13.8. The number of carbonyl (C=O) groups is 1. The van der Waals surface area contributed by atoms with Crippen molar-refractivity contribution < 1.29 is 18.7 Å². The van der Waals surface area contributed by atoms with Gasteiger partial charge in [-0.2, -0.15) is 0 Å². The Morgan fingerprint density at radius 2 is 1.69 bits per heavy atom. The van der Waals surface area contributed by atoms with E-state index in [9.17, 15) is 9.18 Å². The van der Waals surface area contributed by atoms with Crippen LogP contribution in [-0.2, 0) is 11.2 Å². The second kappa shape index (κ2) is 11.3. The number of halogens is 1. The maximum absolute atomic E-state index is 13.8. The van der Waals surface area contributed by atoms with Crippen molar-refractivity contribution in [3.8, 4) is 11.5 Å². The lowest BCUT2D eigenvalue weighted by molar-refractivity contribution is -0.109. The molecule has 2 N–H and O–H groups in total. The summed E-state index contributed by atoms with van der Waals surface area (Å²) in [6.07, 6.45) is 3.75. The highest BCUT2D eigenvalue weighted by molar-refractivity contribution is 5.88. The van der Waals surface area contributed by atoms with E-state index in [1.54, 1.807) is 32.4 Å². The van der Waals surface area contributed by atoms with Gasteiger partial charge in [-0.1, -0.05) is 18.2 Å². The first kappa shape index (κ1) is 25.3. The van der Waals surface area contributed by atoms with Crippen molar-refractivity contribution in [3.05, 3.63) is 89.4 Å². The first-order chi connectivity index (χ1) is 17.4. The van der Waals surface area contributed by atoms with Gasteiger partial charge in [0.25, 0.3) is 0 Å². The van der Waals surface area contributed by atoms with E-state index in [4.69, 9.17) is 9.47 Å². The molecule has 4 aromatic rings. The molecule has 7 heteroatoms. The van der Waals surface area contributed by atoms with Gasteiger partial charge in [0.05, 0.1) is 26.2 Å². The highest BCUT2D eigenvalue weighted by Gasteiger charge is 2.27. The Bertz CT molecular complexity index is 1300. The monoisotopic (exact) mass is 489 g/mol. The summed E-state index contributed by atoms with van der Waals surface area (Å²) < 4.78 is 24.6. The quantitative estimate of drug-likeness (QED) is 0.270. The predicted octanol–water partition coefficient (Wildman–Crippen LogP) is 5.56. The second-order valence-corrected chi connectivity index (χ2v) is 9.11. The lowest BCUT2D eigenvalue weighted by atomic mass is 9.87. The van der Waals surface area contributed by atoms with Crippen molar-refractivity contribution >= 4 is 22.9 Å². The molecule has 0 fully saturated rings. The van der Waals surface area contributed by atoms with Crippen LogP contribution in [0.3, 0.4) is 0 Å². The Morgan fingerprint density at radius 1 is 1.00 bits per heavy atom. The fraction of sp³-hybridized carbons (Fsp3) is 0.276. The van der Waals surface area contributed by atoms with Crippen molar-refractivity contribution in [2.24, 2.45) is 0 Å². The van der Waals surface area contributed by atoms with Gasteiger partial charge in [-0.05, 0) is 61.5 Å². The van der Waals surface area contributed by atoms with E-state index in [1.165, 1.54) is 17.7 Å². The number of aldehydes is 1. The van der Waals surface area contributed by atoms with Gasteiger partial charge in [0, 0.05) is 47.5 Å². The molecule has 0 radical (unpaired) electrons. The molecule has 188 valence electrons. The number of aromatic nitrogens is 1. The number of methoxy groups -OCH3 is 2. The Kier molecular flexibility index (Phi) is 7.90. The molecule has 0 aliphatic heterocycles. The molecule has 2 atom stereocenters. The largest absolute Gasteiger partial charge is 0.497 e. The fourth-order valence-corrected chi connectivity index (χ4v) is 4.43. The fourth-order valence-electron chi connectivity index (χ4n) is 4.43. The van der Waals surface area contributed by atoms with Crippen LogP contribution >= 0.6 is 0 Å². The molecule has 0 bridgehead atoms. The predicted molar refractivity (Wildman–Crippen MR) is 142 cm³/mol. The van der Waals surface area contributed by atoms with E-state index in [-0.39, 0.29) is 5.82 Å². The average Bonchev–Trinajstić information content (AvgIpc) is 3.30. The summed E-state index contributed by atoms with van der Waals surface area (Å²) in [6, 6.07) is 17.5. The number of benzene rings is 3.